The first kappa shape index (κ1) is 18.1. The number of thiophene rings is 1. The van der Waals surface area contributed by atoms with Gasteiger partial charge in [-0.1, -0.05) is 36.4 Å². The predicted octanol–water partition coefficient (Wildman–Crippen LogP) is 2.47. The van der Waals surface area contributed by atoms with Crippen molar-refractivity contribution in [3.8, 4) is 0 Å². The number of hydrogen-bond donors (Lipinski definition) is 0. The summed E-state index contributed by atoms with van der Waals surface area (Å²) in [5.41, 5.74) is 1.16. The van der Waals surface area contributed by atoms with Crippen LogP contribution in [0.5, 0.6) is 0 Å². The van der Waals surface area contributed by atoms with Crippen molar-refractivity contribution in [2.45, 2.75) is 12.8 Å². The van der Waals surface area contributed by atoms with Crippen molar-refractivity contribution in [2.75, 3.05) is 31.9 Å². The Morgan fingerprint density at radius 1 is 1.00 bits per heavy atom. The average Bonchev–Trinajstić information content (AvgIpc) is 3.17. The summed E-state index contributed by atoms with van der Waals surface area (Å²) in [4.78, 5) is 14.8. The van der Waals surface area contributed by atoms with E-state index in [1.807, 2.05) is 41.8 Å². The van der Waals surface area contributed by atoms with E-state index < -0.39 is 10.0 Å². The lowest BCUT2D eigenvalue weighted by molar-refractivity contribution is 0.0703. The number of benzene rings is 1. The lowest BCUT2D eigenvalue weighted by Gasteiger charge is -2.33. The summed E-state index contributed by atoms with van der Waals surface area (Å²) in [5.74, 6) is 0.150. The molecule has 25 heavy (non-hydrogen) atoms. The summed E-state index contributed by atoms with van der Waals surface area (Å²) in [6.45, 7) is 1.67. The number of carbonyl (C=O) groups is 1. The minimum Gasteiger partial charge on any atom is -0.335 e. The highest BCUT2D eigenvalue weighted by Crippen LogP contribution is 2.16. The molecule has 134 valence electrons. The average molecular weight is 379 g/mol. The highest BCUT2D eigenvalue weighted by atomic mass is 32.2. The monoisotopic (exact) mass is 378 g/mol. The summed E-state index contributed by atoms with van der Waals surface area (Å²) in [7, 11) is -3.26. The maximum absolute atomic E-state index is 12.5. The first-order chi connectivity index (χ1) is 12.1. The van der Waals surface area contributed by atoms with Crippen molar-refractivity contribution >= 4 is 27.3 Å². The largest absolute Gasteiger partial charge is 0.335 e. The second-order valence-corrected chi connectivity index (χ2v) is 9.11. The maximum Gasteiger partial charge on any atom is 0.264 e. The Hall–Kier alpha value is -1.70. The van der Waals surface area contributed by atoms with Crippen LogP contribution in [0.1, 0.15) is 21.7 Å². The standard InChI is InChI=1S/C18H22N2O3S2/c21-18(17-9-4-14-24-17)19-10-12-20(13-11-19)25(22,23)15-5-8-16-6-2-1-3-7-16/h1-4,6-7,9,14H,5,8,10-13,15H2. The fourth-order valence-corrected chi connectivity index (χ4v) is 5.14. The molecule has 2 aromatic rings. The van der Waals surface area contributed by atoms with E-state index in [9.17, 15) is 13.2 Å². The van der Waals surface area contributed by atoms with Crippen molar-refractivity contribution < 1.29 is 13.2 Å². The number of piperazine rings is 1. The van der Waals surface area contributed by atoms with Gasteiger partial charge in [-0.2, -0.15) is 4.31 Å². The Bertz CT molecular complexity index is 781. The number of aryl methyl sites for hydroxylation is 1. The van der Waals surface area contributed by atoms with Gasteiger partial charge in [0, 0.05) is 26.2 Å². The molecule has 1 fully saturated rings. The summed E-state index contributed by atoms with van der Waals surface area (Å²) >= 11 is 1.42. The maximum atomic E-state index is 12.5. The van der Waals surface area contributed by atoms with Gasteiger partial charge in [-0.05, 0) is 29.9 Å². The quantitative estimate of drug-likeness (QED) is 0.776. The molecule has 0 saturated carbocycles. The zero-order valence-electron chi connectivity index (χ0n) is 14.0. The van der Waals surface area contributed by atoms with Crippen LogP contribution in [-0.4, -0.2) is 55.5 Å². The van der Waals surface area contributed by atoms with E-state index in [-0.39, 0.29) is 11.7 Å². The molecule has 0 radical (unpaired) electrons. The molecular weight excluding hydrogens is 356 g/mol. The molecule has 5 nitrogen and oxygen atoms in total. The second kappa shape index (κ2) is 8.12. The summed E-state index contributed by atoms with van der Waals surface area (Å²) < 4.78 is 26.5. The summed E-state index contributed by atoms with van der Waals surface area (Å²) in [5, 5.41) is 1.88. The van der Waals surface area contributed by atoms with Crippen LogP contribution in [0.15, 0.2) is 47.8 Å². The summed E-state index contributed by atoms with van der Waals surface area (Å²) in [6, 6.07) is 13.6. The third-order valence-electron chi connectivity index (χ3n) is 4.36. The molecule has 2 heterocycles. The lowest BCUT2D eigenvalue weighted by atomic mass is 10.1. The molecule has 0 unspecified atom stereocenters. The minimum absolute atomic E-state index is 0.00359. The third kappa shape index (κ3) is 4.68. The van der Waals surface area contributed by atoms with Gasteiger partial charge in [-0.25, -0.2) is 8.42 Å². The van der Waals surface area contributed by atoms with Crippen LogP contribution in [0.3, 0.4) is 0 Å². The minimum atomic E-state index is -3.26. The molecule has 1 aromatic carbocycles. The molecule has 1 amide bonds. The van der Waals surface area contributed by atoms with Crippen molar-refractivity contribution in [1.29, 1.82) is 0 Å². The molecule has 0 aliphatic carbocycles. The Balaban J connectivity index is 1.48. The van der Waals surface area contributed by atoms with Crippen molar-refractivity contribution in [2.24, 2.45) is 0 Å². The highest BCUT2D eigenvalue weighted by Gasteiger charge is 2.29. The van der Waals surface area contributed by atoms with Crippen molar-refractivity contribution in [1.82, 2.24) is 9.21 Å². The molecule has 1 aromatic heterocycles. The van der Waals surface area contributed by atoms with Crippen LogP contribution < -0.4 is 0 Å². The van der Waals surface area contributed by atoms with E-state index in [1.165, 1.54) is 15.6 Å². The Kier molecular flexibility index (Phi) is 5.88. The van der Waals surface area contributed by atoms with Crippen LogP contribution in [0.2, 0.25) is 0 Å². The number of carbonyl (C=O) groups excluding carboxylic acids is 1. The van der Waals surface area contributed by atoms with E-state index >= 15 is 0 Å². The fourth-order valence-electron chi connectivity index (χ4n) is 2.96. The van der Waals surface area contributed by atoms with Crippen LogP contribution in [0.25, 0.3) is 0 Å². The SMILES string of the molecule is O=C(c1cccs1)N1CCN(S(=O)(=O)CCCc2ccccc2)CC1. The lowest BCUT2D eigenvalue weighted by Crippen LogP contribution is -2.50. The van der Waals surface area contributed by atoms with Gasteiger partial charge in [-0.15, -0.1) is 11.3 Å². The molecule has 3 rings (SSSR count). The third-order valence-corrected chi connectivity index (χ3v) is 7.18. The van der Waals surface area contributed by atoms with Crippen LogP contribution in [0.4, 0.5) is 0 Å². The Morgan fingerprint density at radius 3 is 2.36 bits per heavy atom. The van der Waals surface area contributed by atoms with E-state index in [1.54, 1.807) is 11.0 Å². The van der Waals surface area contributed by atoms with E-state index in [4.69, 9.17) is 0 Å². The number of hydrogen-bond acceptors (Lipinski definition) is 4. The van der Waals surface area contributed by atoms with E-state index in [0.717, 1.165) is 12.0 Å². The van der Waals surface area contributed by atoms with E-state index in [0.29, 0.717) is 37.5 Å². The molecule has 1 aliphatic rings. The van der Waals surface area contributed by atoms with Crippen molar-refractivity contribution in [3.05, 3.63) is 58.3 Å². The van der Waals surface area contributed by atoms with Crippen molar-refractivity contribution in [3.63, 3.8) is 0 Å². The van der Waals surface area contributed by atoms with Gasteiger partial charge in [0.05, 0.1) is 10.6 Å². The predicted molar refractivity (Wildman–Crippen MR) is 100 cm³/mol. The Morgan fingerprint density at radius 2 is 1.72 bits per heavy atom. The smallest absolute Gasteiger partial charge is 0.264 e. The molecular formula is C18H22N2O3S2. The normalized spacial score (nSPS) is 16.1. The topological polar surface area (TPSA) is 57.7 Å². The molecule has 1 saturated heterocycles. The summed E-state index contributed by atoms with van der Waals surface area (Å²) in [6.07, 6.45) is 1.37. The first-order valence-corrected chi connectivity index (χ1v) is 10.9. The molecule has 0 spiro atoms. The van der Waals surface area contributed by atoms with Gasteiger partial charge in [0.15, 0.2) is 0 Å². The molecule has 7 heteroatoms. The zero-order chi connectivity index (χ0) is 17.7. The van der Waals surface area contributed by atoms with Gasteiger partial charge in [0.1, 0.15) is 0 Å². The van der Waals surface area contributed by atoms with E-state index in [2.05, 4.69) is 0 Å². The number of nitrogens with zero attached hydrogens (tertiary/aromatic N) is 2. The highest BCUT2D eigenvalue weighted by molar-refractivity contribution is 7.89. The first-order valence-electron chi connectivity index (χ1n) is 8.41. The Labute approximate surface area is 152 Å². The van der Waals surface area contributed by atoms with Gasteiger partial charge in [-0.3, -0.25) is 4.79 Å². The van der Waals surface area contributed by atoms with Gasteiger partial charge in [0.25, 0.3) is 5.91 Å². The fraction of sp³-hybridized carbons (Fsp3) is 0.389. The second-order valence-electron chi connectivity index (χ2n) is 6.07. The number of amides is 1. The molecule has 0 N–H and O–H groups in total. The van der Waals surface area contributed by atoms with Gasteiger partial charge in [0.2, 0.25) is 10.0 Å². The number of sulfonamides is 1. The van der Waals surface area contributed by atoms with Gasteiger partial charge < -0.3 is 4.90 Å². The van der Waals surface area contributed by atoms with Crippen LogP contribution in [-0.2, 0) is 16.4 Å². The van der Waals surface area contributed by atoms with Gasteiger partial charge >= 0.3 is 0 Å². The molecule has 1 aliphatic heterocycles. The molecule has 0 atom stereocenters. The zero-order valence-corrected chi connectivity index (χ0v) is 15.6. The molecule has 0 bridgehead atoms. The van der Waals surface area contributed by atoms with Crippen LogP contribution >= 0.6 is 11.3 Å². The number of rotatable bonds is 6. The van der Waals surface area contributed by atoms with Crippen LogP contribution in [0, 0.1) is 0 Å².